The minimum atomic E-state index is -0.686. The van der Waals surface area contributed by atoms with Gasteiger partial charge in [0.25, 0.3) is 0 Å². The lowest BCUT2D eigenvalue weighted by Crippen LogP contribution is -2.45. The quantitative estimate of drug-likeness (QED) is 0.562. The van der Waals surface area contributed by atoms with Gasteiger partial charge in [0.2, 0.25) is 0 Å². The van der Waals surface area contributed by atoms with Crippen molar-refractivity contribution < 1.29 is 18.7 Å². The maximum Gasteiger partial charge on any atom is 0.338 e. The summed E-state index contributed by atoms with van der Waals surface area (Å²) in [6.45, 7) is 4.04. The molecule has 1 aliphatic heterocycles. The Morgan fingerprint density at radius 1 is 1.38 bits per heavy atom. The van der Waals surface area contributed by atoms with Gasteiger partial charge in [-0.1, -0.05) is 25.8 Å². The molecule has 2 N–H and O–H groups in total. The molecule has 1 aromatic rings. The van der Waals surface area contributed by atoms with Crippen LogP contribution in [0.2, 0.25) is 0 Å². The van der Waals surface area contributed by atoms with Crippen LogP contribution in [0.3, 0.4) is 0 Å². The van der Waals surface area contributed by atoms with Crippen molar-refractivity contribution in [3.05, 3.63) is 45.3 Å². The van der Waals surface area contributed by atoms with E-state index in [0.29, 0.717) is 23.4 Å². The molecule has 0 spiro atoms. The van der Waals surface area contributed by atoms with Crippen LogP contribution in [0, 0.1) is 5.82 Å². The van der Waals surface area contributed by atoms with E-state index < -0.39 is 23.9 Å². The molecule has 24 heavy (non-hydrogen) atoms. The van der Waals surface area contributed by atoms with Crippen molar-refractivity contribution in [2.75, 3.05) is 6.61 Å². The highest BCUT2D eigenvalue weighted by Crippen LogP contribution is 2.30. The van der Waals surface area contributed by atoms with Crippen LogP contribution >= 0.6 is 15.9 Å². The van der Waals surface area contributed by atoms with E-state index in [4.69, 9.17) is 4.74 Å². The van der Waals surface area contributed by atoms with E-state index in [9.17, 15) is 14.0 Å². The molecule has 0 saturated heterocycles. The van der Waals surface area contributed by atoms with E-state index in [-0.39, 0.29) is 4.47 Å². The number of hydrogen-bond donors (Lipinski definition) is 2. The molecule has 0 radical (unpaired) electrons. The molecule has 5 nitrogen and oxygen atoms in total. The Kier molecular flexibility index (Phi) is 6.36. The van der Waals surface area contributed by atoms with Crippen LogP contribution in [-0.2, 0) is 9.53 Å². The zero-order valence-corrected chi connectivity index (χ0v) is 15.2. The van der Waals surface area contributed by atoms with Gasteiger partial charge in [0, 0.05) is 5.70 Å². The standard InChI is InChI=1S/C17H20BrFN2O3/c1-3-4-5-8-24-16(22)14-10(2)20-17(23)21-15(14)11-6-7-13(19)12(18)9-11/h6-7,9,15H,3-5,8H2,1-2H3,(H2,20,21,23)/t15-/m0/s1. The maximum atomic E-state index is 13.5. The lowest BCUT2D eigenvalue weighted by molar-refractivity contribution is -0.139. The number of hydrogen-bond acceptors (Lipinski definition) is 3. The van der Waals surface area contributed by atoms with Gasteiger partial charge in [0.05, 0.1) is 22.7 Å². The molecule has 0 saturated carbocycles. The Labute approximate surface area is 148 Å². The summed E-state index contributed by atoms with van der Waals surface area (Å²) in [5, 5.41) is 5.27. The van der Waals surface area contributed by atoms with Crippen LogP contribution in [0.1, 0.15) is 44.7 Å². The molecule has 0 aromatic heterocycles. The first-order valence-corrected chi connectivity index (χ1v) is 8.63. The fourth-order valence-electron chi connectivity index (χ4n) is 2.50. The second-order valence-corrected chi connectivity index (χ2v) is 6.44. The zero-order chi connectivity index (χ0) is 17.7. The minimum Gasteiger partial charge on any atom is -0.462 e. The number of halogens is 2. The van der Waals surface area contributed by atoms with E-state index in [1.54, 1.807) is 13.0 Å². The maximum absolute atomic E-state index is 13.5. The van der Waals surface area contributed by atoms with Crippen LogP contribution in [0.4, 0.5) is 9.18 Å². The number of nitrogens with one attached hydrogen (secondary N) is 2. The molecular weight excluding hydrogens is 379 g/mol. The Morgan fingerprint density at radius 3 is 2.79 bits per heavy atom. The summed E-state index contributed by atoms with van der Waals surface area (Å²) in [6, 6.07) is 3.26. The molecule has 1 atom stereocenters. The third kappa shape index (κ3) is 4.35. The highest BCUT2D eigenvalue weighted by atomic mass is 79.9. The third-order valence-corrected chi connectivity index (χ3v) is 4.35. The van der Waals surface area contributed by atoms with Crippen molar-refractivity contribution in [2.45, 2.75) is 39.2 Å². The second-order valence-electron chi connectivity index (χ2n) is 5.59. The third-order valence-electron chi connectivity index (χ3n) is 3.75. The number of benzene rings is 1. The molecule has 0 aliphatic carbocycles. The van der Waals surface area contributed by atoms with Gasteiger partial charge in [0.1, 0.15) is 5.82 Å². The molecule has 2 rings (SSSR count). The van der Waals surface area contributed by atoms with E-state index in [2.05, 4.69) is 33.5 Å². The zero-order valence-electron chi connectivity index (χ0n) is 13.6. The smallest absolute Gasteiger partial charge is 0.338 e. The molecule has 1 aromatic carbocycles. The first kappa shape index (κ1) is 18.4. The highest BCUT2D eigenvalue weighted by Gasteiger charge is 2.32. The number of carbonyl (C=O) groups is 2. The Morgan fingerprint density at radius 2 is 2.12 bits per heavy atom. The predicted molar refractivity (Wildman–Crippen MR) is 91.7 cm³/mol. The summed E-state index contributed by atoms with van der Waals surface area (Å²) in [7, 11) is 0. The Balaban J connectivity index is 2.26. The van der Waals surface area contributed by atoms with Gasteiger partial charge in [-0.2, -0.15) is 0 Å². The van der Waals surface area contributed by atoms with Gasteiger partial charge in [-0.05, 0) is 47.0 Å². The van der Waals surface area contributed by atoms with E-state index in [1.165, 1.54) is 12.1 Å². The van der Waals surface area contributed by atoms with E-state index >= 15 is 0 Å². The number of carbonyl (C=O) groups excluding carboxylic acids is 2. The summed E-state index contributed by atoms with van der Waals surface area (Å²) in [4.78, 5) is 24.2. The van der Waals surface area contributed by atoms with Crippen LogP contribution in [0.15, 0.2) is 33.9 Å². The Hall–Kier alpha value is -1.89. The van der Waals surface area contributed by atoms with Gasteiger partial charge < -0.3 is 15.4 Å². The van der Waals surface area contributed by atoms with Crippen LogP contribution in [-0.4, -0.2) is 18.6 Å². The number of urea groups is 1. The number of esters is 1. The molecule has 7 heteroatoms. The fourth-order valence-corrected chi connectivity index (χ4v) is 2.90. The molecule has 130 valence electrons. The fraction of sp³-hybridized carbons (Fsp3) is 0.412. The molecule has 0 fully saturated rings. The molecular formula is C17H20BrFN2O3. The van der Waals surface area contributed by atoms with Crippen LogP contribution in [0.25, 0.3) is 0 Å². The minimum absolute atomic E-state index is 0.265. The average molecular weight is 399 g/mol. The number of rotatable bonds is 6. The normalized spacial score (nSPS) is 17.3. The van der Waals surface area contributed by atoms with Crippen molar-refractivity contribution in [1.82, 2.24) is 10.6 Å². The summed E-state index contributed by atoms with van der Waals surface area (Å²) < 4.78 is 19.0. The lowest BCUT2D eigenvalue weighted by Gasteiger charge is -2.28. The van der Waals surface area contributed by atoms with E-state index in [0.717, 1.165) is 19.3 Å². The van der Waals surface area contributed by atoms with Gasteiger partial charge in [-0.25, -0.2) is 14.0 Å². The number of unbranched alkanes of at least 4 members (excludes halogenated alkanes) is 2. The molecule has 1 heterocycles. The number of amides is 2. The van der Waals surface area contributed by atoms with Gasteiger partial charge in [-0.15, -0.1) is 0 Å². The Bertz CT molecular complexity index is 676. The molecule has 2 amide bonds. The van der Waals surface area contributed by atoms with Crippen molar-refractivity contribution in [3.63, 3.8) is 0 Å². The summed E-state index contributed by atoms with van der Waals surface area (Å²) in [5.74, 6) is -0.898. The SMILES string of the molecule is CCCCCOC(=O)C1=C(C)NC(=O)N[C@H]1c1ccc(F)c(Br)c1. The summed E-state index contributed by atoms with van der Waals surface area (Å²) in [6.07, 6.45) is 2.80. The van der Waals surface area contributed by atoms with E-state index in [1.807, 2.05) is 0 Å². The second kappa shape index (κ2) is 8.28. The average Bonchev–Trinajstić information content (AvgIpc) is 2.53. The van der Waals surface area contributed by atoms with Crippen molar-refractivity contribution in [2.24, 2.45) is 0 Å². The lowest BCUT2D eigenvalue weighted by atomic mass is 9.95. The molecule has 0 unspecified atom stereocenters. The van der Waals surface area contributed by atoms with Crippen molar-refractivity contribution in [1.29, 1.82) is 0 Å². The molecule has 0 bridgehead atoms. The molecule has 1 aliphatic rings. The number of allylic oxidation sites excluding steroid dienone is 1. The largest absolute Gasteiger partial charge is 0.462 e. The monoisotopic (exact) mass is 398 g/mol. The summed E-state index contributed by atoms with van der Waals surface area (Å²) >= 11 is 3.12. The first-order valence-electron chi connectivity index (χ1n) is 7.84. The number of ether oxygens (including phenoxy) is 1. The highest BCUT2D eigenvalue weighted by molar-refractivity contribution is 9.10. The van der Waals surface area contributed by atoms with Gasteiger partial charge in [-0.3, -0.25) is 0 Å². The van der Waals surface area contributed by atoms with Crippen LogP contribution in [0.5, 0.6) is 0 Å². The predicted octanol–water partition coefficient (Wildman–Crippen LogP) is 3.95. The summed E-state index contributed by atoms with van der Waals surface area (Å²) in [5.41, 5.74) is 1.35. The first-order chi connectivity index (χ1) is 11.4. The van der Waals surface area contributed by atoms with Crippen molar-refractivity contribution in [3.8, 4) is 0 Å². The van der Waals surface area contributed by atoms with Gasteiger partial charge >= 0.3 is 12.0 Å². The van der Waals surface area contributed by atoms with Gasteiger partial charge in [0.15, 0.2) is 0 Å². The van der Waals surface area contributed by atoms with Crippen molar-refractivity contribution >= 4 is 27.9 Å². The van der Waals surface area contributed by atoms with Crippen LogP contribution < -0.4 is 10.6 Å². The topological polar surface area (TPSA) is 67.4 Å².